The van der Waals surface area contributed by atoms with Crippen LogP contribution in [0.3, 0.4) is 0 Å². The molecule has 0 radical (unpaired) electrons. The summed E-state index contributed by atoms with van der Waals surface area (Å²) in [6, 6.07) is 0. The molecule has 17 heavy (non-hydrogen) atoms. The van der Waals surface area contributed by atoms with E-state index in [0.717, 1.165) is 5.92 Å². The fourth-order valence-electron chi connectivity index (χ4n) is 2.24. The van der Waals surface area contributed by atoms with Crippen molar-refractivity contribution >= 4 is 0 Å². The molecule has 0 aromatic rings. The lowest BCUT2D eigenvalue weighted by Crippen LogP contribution is -2.19. The van der Waals surface area contributed by atoms with E-state index in [-0.39, 0.29) is 0 Å². The molecule has 0 spiro atoms. The predicted molar refractivity (Wildman–Crippen MR) is 80.3 cm³/mol. The van der Waals surface area contributed by atoms with E-state index >= 15 is 0 Å². The van der Waals surface area contributed by atoms with E-state index in [0.29, 0.717) is 5.41 Å². The van der Waals surface area contributed by atoms with Crippen LogP contribution >= 0.6 is 0 Å². The van der Waals surface area contributed by atoms with Crippen LogP contribution < -0.4 is 0 Å². The van der Waals surface area contributed by atoms with Crippen LogP contribution in [0.15, 0.2) is 24.8 Å². The van der Waals surface area contributed by atoms with Gasteiger partial charge in [0.05, 0.1) is 0 Å². The average molecular weight is 236 g/mol. The van der Waals surface area contributed by atoms with Gasteiger partial charge in [0.1, 0.15) is 0 Å². The van der Waals surface area contributed by atoms with Crippen LogP contribution in [0, 0.1) is 11.3 Å². The third-order valence-electron chi connectivity index (χ3n) is 3.57. The van der Waals surface area contributed by atoms with Gasteiger partial charge in [-0.25, -0.2) is 0 Å². The highest BCUT2D eigenvalue weighted by Crippen LogP contribution is 2.33. The van der Waals surface area contributed by atoms with E-state index in [4.69, 9.17) is 0 Å². The van der Waals surface area contributed by atoms with Crippen molar-refractivity contribution in [3.05, 3.63) is 24.8 Å². The molecule has 0 rings (SSSR count). The normalized spacial score (nSPS) is 14.1. The van der Waals surface area contributed by atoms with Crippen LogP contribution in [-0.2, 0) is 0 Å². The molecule has 0 heteroatoms. The number of rotatable bonds is 9. The minimum Gasteiger partial charge on any atom is -0.0991 e. The van der Waals surface area contributed by atoms with Crippen molar-refractivity contribution in [2.75, 3.05) is 0 Å². The standard InChI is InChI=1S/C17H32/c1-6-8-10-11-13-15-16(17(3,4)5)14-12-9-7-2/h7,9,12,16H,2,6,8,10-11,13-15H2,1,3-5H3. The van der Waals surface area contributed by atoms with Crippen molar-refractivity contribution in [1.82, 2.24) is 0 Å². The summed E-state index contributed by atoms with van der Waals surface area (Å²) in [7, 11) is 0. The zero-order valence-corrected chi connectivity index (χ0v) is 12.5. The Kier molecular flexibility index (Phi) is 9.21. The second-order valence-corrected chi connectivity index (χ2v) is 6.17. The first kappa shape index (κ1) is 16.5. The highest BCUT2D eigenvalue weighted by Gasteiger charge is 2.22. The first-order valence-corrected chi connectivity index (χ1v) is 7.30. The van der Waals surface area contributed by atoms with Gasteiger partial charge in [0.2, 0.25) is 0 Å². The van der Waals surface area contributed by atoms with Crippen molar-refractivity contribution in [2.45, 2.75) is 72.6 Å². The number of hydrogen-bond donors (Lipinski definition) is 0. The highest BCUT2D eigenvalue weighted by atomic mass is 14.3. The van der Waals surface area contributed by atoms with Crippen LogP contribution in [0.2, 0.25) is 0 Å². The van der Waals surface area contributed by atoms with Crippen molar-refractivity contribution in [3.63, 3.8) is 0 Å². The molecule has 0 saturated carbocycles. The smallest absolute Gasteiger partial charge is 0.0314 e. The van der Waals surface area contributed by atoms with Gasteiger partial charge in [-0.2, -0.15) is 0 Å². The van der Waals surface area contributed by atoms with Crippen LogP contribution in [0.4, 0.5) is 0 Å². The molecule has 100 valence electrons. The Labute approximate surface area is 109 Å². The quantitative estimate of drug-likeness (QED) is 0.333. The summed E-state index contributed by atoms with van der Waals surface area (Å²) in [5.74, 6) is 0.806. The molecule has 0 aliphatic carbocycles. The molecule has 0 bridgehead atoms. The van der Waals surface area contributed by atoms with Gasteiger partial charge >= 0.3 is 0 Å². The van der Waals surface area contributed by atoms with Gasteiger partial charge in [0.15, 0.2) is 0 Å². The van der Waals surface area contributed by atoms with Gasteiger partial charge in [0, 0.05) is 0 Å². The molecule has 0 fully saturated rings. The number of hydrogen-bond acceptors (Lipinski definition) is 0. The molecule has 0 heterocycles. The predicted octanol–water partition coefficient (Wildman–Crippen LogP) is 6.14. The van der Waals surface area contributed by atoms with Gasteiger partial charge in [-0.05, 0) is 24.2 Å². The Bertz CT molecular complexity index is 205. The summed E-state index contributed by atoms with van der Waals surface area (Å²) in [6.45, 7) is 13.1. The molecule has 0 aliphatic heterocycles. The minimum absolute atomic E-state index is 0.427. The zero-order chi connectivity index (χ0) is 13.1. The monoisotopic (exact) mass is 236 g/mol. The van der Waals surface area contributed by atoms with Gasteiger partial charge in [0.25, 0.3) is 0 Å². The second-order valence-electron chi connectivity index (χ2n) is 6.17. The maximum atomic E-state index is 3.73. The first-order valence-electron chi connectivity index (χ1n) is 7.30. The molecule has 0 saturated heterocycles. The second kappa shape index (κ2) is 9.50. The third-order valence-corrected chi connectivity index (χ3v) is 3.57. The molecule has 0 N–H and O–H groups in total. The lowest BCUT2D eigenvalue weighted by molar-refractivity contribution is 0.221. The molecule has 0 aromatic carbocycles. The Morgan fingerprint density at radius 3 is 2.24 bits per heavy atom. The fourth-order valence-corrected chi connectivity index (χ4v) is 2.24. The third kappa shape index (κ3) is 9.21. The number of allylic oxidation sites excluding steroid dienone is 3. The summed E-state index contributed by atoms with van der Waals surface area (Å²) < 4.78 is 0. The molecular formula is C17H32. The Morgan fingerprint density at radius 1 is 1.06 bits per heavy atom. The molecule has 0 aromatic heterocycles. The maximum absolute atomic E-state index is 3.73. The van der Waals surface area contributed by atoms with E-state index in [1.807, 2.05) is 6.08 Å². The molecule has 0 aliphatic rings. The summed E-state index contributed by atoms with van der Waals surface area (Å²) in [6.07, 6.45) is 15.7. The largest absolute Gasteiger partial charge is 0.0991 e. The average Bonchev–Trinajstić information content (AvgIpc) is 2.25. The van der Waals surface area contributed by atoms with Crippen LogP contribution in [0.5, 0.6) is 0 Å². The van der Waals surface area contributed by atoms with E-state index in [1.54, 1.807) is 0 Å². The van der Waals surface area contributed by atoms with Gasteiger partial charge < -0.3 is 0 Å². The SMILES string of the molecule is C=CC=CCC(CCCCCCC)C(C)(C)C. The van der Waals surface area contributed by atoms with Crippen molar-refractivity contribution in [2.24, 2.45) is 11.3 Å². The maximum Gasteiger partial charge on any atom is -0.0314 e. The Balaban J connectivity index is 3.94. The van der Waals surface area contributed by atoms with E-state index < -0.39 is 0 Å². The van der Waals surface area contributed by atoms with E-state index in [1.165, 1.54) is 44.9 Å². The van der Waals surface area contributed by atoms with Crippen molar-refractivity contribution in [3.8, 4) is 0 Å². The van der Waals surface area contributed by atoms with E-state index in [9.17, 15) is 0 Å². The highest BCUT2D eigenvalue weighted by molar-refractivity contribution is 4.98. The number of unbranched alkanes of at least 4 members (excludes halogenated alkanes) is 4. The van der Waals surface area contributed by atoms with Gasteiger partial charge in [-0.1, -0.05) is 84.6 Å². The summed E-state index contributed by atoms with van der Waals surface area (Å²) in [4.78, 5) is 0. The Morgan fingerprint density at radius 2 is 1.71 bits per heavy atom. The van der Waals surface area contributed by atoms with Crippen molar-refractivity contribution < 1.29 is 0 Å². The van der Waals surface area contributed by atoms with Crippen LogP contribution in [-0.4, -0.2) is 0 Å². The first-order chi connectivity index (χ1) is 8.02. The minimum atomic E-state index is 0.427. The molecule has 0 nitrogen and oxygen atoms in total. The lowest BCUT2D eigenvalue weighted by Gasteiger charge is -2.30. The van der Waals surface area contributed by atoms with Gasteiger partial charge in [-0.3, -0.25) is 0 Å². The summed E-state index contributed by atoms with van der Waals surface area (Å²) in [5.41, 5.74) is 0.427. The molecule has 0 amide bonds. The fraction of sp³-hybridized carbons (Fsp3) is 0.765. The zero-order valence-electron chi connectivity index (χ0n) is 12.5. The molecule has 1 unspecified atom stereocenters. The van der Waals surface area contributed by atoms with E-state index in [2.05, 4.69) is 46.4 Å². The molecular weight excluding hydrogens is 204 g/mol. The lowest BCUT2D eigenvalue weighted by atomic mass is 9.76. The summed E-state index contributed by atoms with van der Waals surface area (Å²) in [5, 5.41) is 0. The Hall–Kier alpha value is -0.520. The molecule has 1 atom stereocenters. The summed E-state index contributed by atoms with van der Waals surface area (Å²) >= 11 is 0. The van der Waals surface area contributed by atoms with Crippen LogP contribution in [0.1, 0.15) is 72.6 Å². The van der Waals surface area contributed by atoms with Gasteiger partial charge in [-0.15, -0.1) is 0 Å². The van der Waals surface area contributed by atoms with Crippen molar-refractivity contribution in [1.29, 1.82) is 0 Å². The van der Waals surface area contributed by atoms with Crippen LogP contribution in [0.25, 0.3) is 0 Å². The topological polar surface area (TPSA) is 0 Å².